The molecule has 0 spiro atoms. The van der Waals surface area contributed by atoms with Gasteiger partial charge in [0, 0.05) is 0 Å². The Labute approximate surface area is 56.8 Å². The average Bonchev–Trinajstić information content (AvgIpc) is 1.69. The molecular weight excluding hydrogens is 171 g/mol. The van der Waals surface area contributed by atoms with Crippen molar-refractivity contribution in [3.05, 3.63) is 0 Å². The molecule has 0 aromatic heterocycles. The quantitative estimate of drug-likeness (QED) is 0.424. The van der Waals surface area contributed by atoms with Crippen molar-refractivity contribution in [3.8, 4) is 0 Å². The van der Waals surface area contributed by atoms with Crippen LogP contribution in [0.5, 0.6) is 0 Å². The second kappa shape index (κ2) is 4.33. The first-order valence-electron chi connectivity index (χ1n) is 2.37. The van der Waals surface area contributed by atoms with Gasteiger partial charge in [-0.15, -0.1) is 0 Å². The summed E-state index contributed by atoms with van der Waals surface area (Å²) in [5.74, 6) is -0.352. The Bertz CT molecular complexity index is 53.2. The summed E-state index contributed by atoms with van der Waals surface area (Å²) in [7, 11) is 0. The standard InChI is InChI=1S/C4H11AsO3/c5-4(8)3(1-6)2-7/h3-4,6-8H,1-2,5H2. The van der Waals surface area contributed by atoms with Gasteiger partial charge < -0.3 is 0 Å². The van der Waals surface area contributed by atoms with Crippen molar-refractivity contribution in [2.45, 2.75) is 4.89 Å². The summed E-state index contributed by atoms with van der Waals surface area (Å²) >= 11 is 1.12. The van der Waals surface area contributed by atoms with Crippen LogP contribution in [0.2, 0.25) is 0 Å². The third kappa shape index (κ3) is 2.67. The summed E-state index contributed by atoms with van der Waals surface area (Å²) in [6, 6.07) is 0. The first-order valence-corrected chi connectivity index (χ1v) is 3.77. The molecule has 0 saturated carbocycles. The minimum atomic E-state index is -0.558. The Balaban J connectivity index is 3.35. The zero-order valence-electron chi connectivity index (χ0n) is 4.49. The van der Waals surface area contributed by atoms with E-state index in [9.17, 15) is 0 Å². The molecule has 0 aromatic carbocycles. The van der Waals surface area contributed by atoms with Crippen LogP contribution in [-0.2, 0) is 0 Å². The van der Waals surface area contributed by atoms with E-state index in [2.05, 4.69) is 0 Å². The first-order chi connectivity index (χ1) is 3.72. The summed E-state index contributed by atoms with van der Waals surface area (Å²) in [5, 5.41) is 25.5. The van der Waals surface area contributed by atoms with E-state index in [1.165, 1.54) is 0 Å². The molecule has 0 heterocycles. The Morgan fingerprint density at radius 1 is 1.25 bits per heavy atom. The van der Waals surface area contributed by atoms with Crippen molar-refractivity contribution >= 4 is 16.9 Å². The van der Waals surface area contributed by atoms with Gasteiger partial charge in [-0.1, -0.05) is 0 Å². The molecule has 0 bridgehead atoms. The van der Waals surface area contributed by atoms with Crippen LogP contribution in [0.25, 0.3) is 0 Å². The Morgan fingerprint density at radius 3 is 1.62 bits per heavy atom. The molecule has 0 amide bonds. The van der Waals surface area contributed by atoms with E-state index in [1.54, 1.807) is 0 Å². The number of hydrogen-bond acceptors (Lipinski definition) is 3. The number of rotatable bonds is 3. The molecule has 3 nitrogen and oxygen atoms in total. The van der Waals surface area contributed by atoms with Gasteiger partial charge in [-0.25, -0.2) is 0 Å². The van der Waals surface area contributed by atoms with Crippen LogP contribution < -0.4 is 0 Å². The van der Waals surface area contributed by atoms with Gasteiger partial charge in [0.25, 0.3) is 0 Å². The average molecular weight is 182 g/mol. The fourth-order valence-electron chi connectivity index (χ4n) is 0.274. The van der Waals surface area contributed by atoms with Crippen molar-refractivity contribution in [3.63, 3.8) is 0 Å². The maximum absolute atomic E-state index is 8.72. The second-order valence-electron chi connectivity index (χ2n) is 1.62. The van der Waals surface area contributed by atoms with Gasteiger partial charge in [0.05, 0.1) is 0 Å². The number of aliphatic hydroxyl groups excluding tert-OH is 3. The topological polar surface area (TPSA) is 60.7 Å². The zero-order chi connectivity index (χ0) is 6.57. The third-order valence-electron chi connectivity index (χ3n) is 0.952. The van der Waals surface area contributed by atoms with E-state index in [-0.39, 0.29) is 19.1 Å². The molecule has 0 saturated heterocycles. The fraction of sp³-hybridized carbons (Fsp3) is 1.00. The molecule has 4 heteroatoms. The molecule has 0 radical (unpaired) electrons. The predicted molar refractivity (Wildman–Crippen MR) is 32.2 cm³/mol. The molecule has 3 N–H and O–H groups in total. The van der Waals surface area contributed by atoms with Gasteiger partial charge in [-0.05, 0) is 0 Å². The van der Waals surface area contributed by atoms with Gasteiger partial charge in [-0.3, -0.25) is 0 Å². The van der Waals surface area contributed by atoms with E-state index in [1.807, 2.05) is 0 Å². The van der Waals surface area contributed by atoms with Crippen LogP contribution in [0.3, 0.4) is 0 Å². The molecular formula is C4H11AsO3. The van der Waals surface area contributed by atoms with Crippen molar-refractivity contribution < 1.29 is 15.3 Å². The predicted octanol–water partition coefficient (Wildman–Crippen LogP) is -2.46. The maximum atomic E-state index is 8.72. The first kappa shape index (κ1) is 8.44. The molecule has 50 valence electrons. The van der Waals surface area contributed by atoms with Crippen LogP contribution >= 0.6 is 0 Å². The van der Waals surface area contributed by atoms with Crippen LogP contribution in [0.4, 0.5) is 0 Å². The monoisotopic (exact) mass is 182 g/mol. The molecule has 8 heavy (non-hydrogen) atoms. The van der Waals surface area contributed by atoms with Crippen LogP contribution in [0, 0.1) is 5.92 Å². The second-order valence-corrected chi connectivity index (χ2v) is 3.05. The van der Waals surface area contributed by atoms with Gasteiger partial charge in [-0.2, -0.15) is 0 Å². The van der Waals surface area contributed by atoms with Crippen LogP contribution in [0.1, 0.15) is 0 Å². The Kier molecular flexibility index (Phi) is 4.57. The summed E-state index contributed by atoms with van der Waals surface area (Å²) in [4.78, 5) is -0.558. The molecule has 2 atom stereocenters. The molecule has 0 fully saturated rings. The minimum absolute atomic E-state index is 0.143. The number of aliphatic hydroxyl groups is 3. The SMILES string of the molecule is OCC(CO)C(O)[AsH2]. The summed E-state index contributed by atoms with van der Waals surface area (Å²) < 4.78 is 0. The Hall–Kier alpha value is 0.438. The van der Waals surface area contributed by atoms with Crippen molar-refractivity contribution in [2.24, 2.45) is 5.92 Å². The molecule has 0 aliphatic carbocycles. The van der Waals surface area contributed by atoms with Gasteiger partial charge in [0.2, 0.25) is 0 Å². The van der Waals surface area contributed by atoms with Gasteiger partial charge >= 0.3 is 56.2 Å². The molecule has 0 aliphatic heterocycles. The normalized spacial score (nSPS) is 14.6. The summed E-state index contributed by atoms with van der Waals surface area (Å²) in [6.07, 6.45) is 0. The molecule has 0 rings (SSSR count). The molecule has 2 unspecified atom stereocenters. The number of hydrogen-bond donors (Lipinski definition) is 3. The van der Waals surface area contributed by atoms with E-state index >= 15 is 0 Å². The van der Waals surface area contributed by atoms with Gasteiger partial charge in [0.15, 0.2) is 0 Å². The zero-order valence-corrected chi connectivity index (χ0v) is 6.91. The van der Waals surface area contributed by atoms with Crippen molar-refractivity contribution in [1.82, 2.24) is 0 Å². The molecule has 0 aromatic rings. The Morgan fingerprint density at radius 2 is 1.62 bits per heavy atom. The summed E-state index contributed by atoms with van der Waals surface area (Å²) in [5.41, 5.74) is 0. The summed E-state index contributed by atoms with van der Waals surface area (Å²) in [6.45, 7) is -0.286. The van der Waals surface area contributed by atoms with Crippen molar-refractivity contribution in [2.75, 3.05) is 13.2 Å². The van der Waals surface area contributed by atoms with E-state index in [0.717, 1.165) is 16.9 Å². The van der Waals surface area contributed by atoms with Crippen LogP contribution in [-0.4, -0.2) is 50.3 Å². The van der Waals surface area contributed by atoms with E-state index in [0.29, 0.717) is 0 Å². The van der Waals surface area contributed by atoms with E-state index in [4.69, 9.17) is 15.3 Å². The van der Waals surface area contributed by atoms with Crippen LogP contribution in [0.15, 0.2) is 0 Å². The molecule has 0 aliphatic rings. The third-order valence-corrected chi connectivity index (χ3v) is 2.09. The van der Waals surface area contributed by atoms with Gasteiger partial charge in [0.1, 0.15) is 0 Å². The van der Waals surface area contributed by atoms with Crippen molar-refractivity contribution in [1.29, 1.82) is 0 Å². The van der Waals surface area contributed by atoms with E-state index < -0.39 is 4.89 Å². The fourth-order valence-corrected chi connectivity index (χ4v) is 0.784.